The second-order valence-corrected chi connectivity index (χ2v) is 5.55. The van der Waals surface area contributed by atoms with Crippen molar-refractivity contribution < 1.29 is 9.32 Å². The van der Waals surface area contributed by atoms with Gasteiger partial charge in [0.2, 0.25) is 5.91 Å². The highest BCUT2D eigenvalue weighted by molar-refractivity contribution is 7.99. The fraction of sp³-hybridized carbons (Fsp3) is 0.214. The summed E-state index contributed by atoms with van der Waals surface area (Å²) in [7, 11) is 0. The Labute approximate surface area is 125 Å². The Morgan fingerprint density at radius 2 is 2.29 bits per heavy atom. The highest BCUT2D eigenvalue weighted by Crippen LogP contribution is 2.15. The van der Waals surface area contributed by atoms with Crippen LogP contribution in [0.4, 0.5) is 5.82 Å². The third-order valence-electron chi connectivity index (χ3n) is 2.81. The fourth-order valence-electron chi connectivity index (χ4n) is 1.92. The number of H-pyrrole nitrogens is 1. The molecule has 2 heterocycles. The number of rotatable bonds is 5. The number of hydrogen-bond donors (Lipinski definition) is 2. The molecule has 0 radical (unpaired) electrons. The molecule has 3 rings (SSSR count). The van der Waals surface area contributed by atoms with E-state index >= 15 is 0 Å². The van der Waals surface area contributed by atoms with Gasteiger partial charge in [-0.2, -0.15) is 0 Å². The van der Waals surface area contributed by atoms with E-state index in [-0.39, 0.29) is 5.91 Å². The Bertz CT molecular complexity index is 732. The Balaban J connectivity index is 1.50. The maximum absolute atomic E-state index is 11.7. The Morgan fingerprint density at radius 1 is 1.43 bits per heavy atom. The molecule has 0 atom stereocenters. The van der Waals surface area contributed by atoms with Gasteiger partial charge in [0.1, 0.15) is 11.6 Å². The van der Waals surface area contributed by atoms with Crippen molar-refractivity contribution in [3.8, 4) is 0 Å². The van der Waals surface area contributed by atoms with Gasteiger partial charge in [-0.1, -0.05) is 17.3 Å². The normalized spacial score (nSPS) is 10.9. The molecule has 0 aliphatic carbocycles. The molecule has 0 saturated heterocycles. The number of aryl methyl sites for hydroxylation is 1. The summed E-state index contributed by atoms with van der Waals surface area (Å²) in [5, 5.41) is 6.40. The average Bonchev–Trinajstić information content (AvgIpc) is 3.04. The average molecular weight is 302 g/mol. The van der Waals surface area contributed by atoms with Crippen LogP contribution in [0.5, 0.6) is 0 Å². The van der Waals surface area contributed by atoms with Crippen LogP contribution < -0.4 is 5.32 Å². The van der Waals surface area contributed by atoms with Crippen LogP contribution in [0.2, 0.25) is 0 Å². The van der Waals surface area contributed by atoms with E-state index in [1.807, 2.05) is 24.3 Å². The number of hydrogen-bond acceptors (Lipinski definition) is 5. The van der Waals surface area contributed by atoms with E-state index in [1.165, 1.54) is 11.8 Å². The molecule has 6 nitrogen and oxygen atoms in total. The zero-order valence-corrected chi connectivity index (χ0v) is 12.2. The van der Waals surface area contributed by atoms with Crippen molar-refractivity contribution in [2.45, 2.75) is 12.7 Å². The Hall–Kier alpha value is -2.28. The maximum Gasteiger partial charge on any atom is 0.235 e. The van der Waals surface area contributed by atoms with Crippen LogP contribution in [-0.4, -0.2) is 26.8 Å². The van der Waals surface area contributed by atoms with Gasteiger partial charge in [-0.25, -0.2) is 4.98 Å². The van der Waals surface area contributed by atoms with E-state index in [2.05, 4.69) is 20.4 Å². The number of imidazole rings is 1. The first-order chi connectivity index (χ1) is 10.2. The van der Waals surface area contributed by atoms with E-state index in [1.54, 1.807) is 13.0 Å². The number of para-hydroxylation sites is 2. The number of fused-ring (bicyclic) bond motifs is 1. The minimum absolute atomic E-state index is 0.107. The van der Waals surface area contributed by atoms with Crippen molar-refractivity contribution in [2.24, 2.45) is 0 Å². The van der Waals surface area contributed by atoms with Crippen LogP contribution in [0.3, 0.4) is 0 Å². The first kappa shape index (κ1) is 13.7. The quantitative estimate of drug-likeness (QED) is 0.757. The summed E-state index contributed by atoms with van der Waals surface area (Å²) in [4.78, 5) is 19.4. The number of anilines is 1. The number of nitrogens with one attached hydrogen (secondary N) is 2. The molecule has 0 aliphatic heterocycles. The molecule has 0 aliphatic rings. The molecule has 108 valence electrons. The highest BCUT2D eigenvalue weighted by atomic mass is 32.2. The van der Waals surface area contributed by atoms with Gasteiger partial charge in [0, 0.05) is 6.07 Å². The first-order valence-corrected chi connectivity index (χ1v) is 7.61. The number of thioether (sulfide) groups is 1. The van der Waals surface area contributed by atoms with Crippen molar-refractivity contribution in [3.63, 3.8) is 0 Å². The SMILES string of the molecule is Cc1cc(NC(=O)CSCc2nc3ccccc3[nH]2)no1. The smallest absolute Gasteiger partial charge is 0.235 e. The van der Waals surface area contributed by atoms with Gasteiger partial charge in [0.05, 0.1) is 22.5 Å². The number of carbonyl (C=O) groups excluding carboxylic acids is 1. The molecular weight excluding hydrogens is 288 g/mol. The van der Waals surface area contributed by atoms with E-state index in [0.29, 0.717) is 23.1 Å². The van der Waals surface area contributed by atoms with Gasteiger partial charge in [-0.3, -0.25) is 4.79 Å². The third-order valence-corrected chi connectivity index (χ3v) is 3.75. The zero-order valence-electron chi connectivity index (χ0n) is 11.4. The van der Waals surface area contributed by atoms with Crippen LogP contribution in [0.15, 0.2) is 34.9 Å². The summed E-state index contributed by atoms with van der Waals surface area (Å²) in [6.45, 7) is 1.78. The van der Waals surface area contributed by atoms with Crippen LogP contribution in [0, 0.1) is 6.92 Å². The number of aromatic nitrogens is 3. The second-order valence-electron chi connectivity index (χ2n) is 4.56. The Morgan fingerprint density at radius 3 is 3.05 bits per heavy atom. The molecule has 0 fully saturated rings. The van der Waals surface area contributed by atoms with Gasteiger partial charge in [0.25, 0.3) is 0 Å². The lowest BCUT2D eigenvalue weighted by Crippen LogP contribution is -2.14. The van der Waals surface area contributed by atoms with Crippen molar-refractivity contribution in [2.75, 3.05) is 11.1 Å². The number of aromatic amines is 1. The van der Waals surface area contributed by atoms with E-state index in [4.69, 9.17) is 4.52 Å². The minimum Gasteiger partial charge on any atom is -0.360 e. The number of nitrogens with zero attached hydrogens (tertiary/aromatic N) is 2. The summed E-state index contributed by atoms with van der Waals surface area (Å²) in [5.74, 6) is 2.86. The van der Waals surface area contributed by atoms with E-state index in [0.717, 1.165) is 16.9 Å². The van der Waals surface area contributed by atoms with Gasteiger partial charge in [-0.05, 0) is 19.1 Å². The van der Waals surface area contributed by atoms with Gasteiger partial charge in [-0.15, -0.1) is 11.8 Å². The van der Waals surface area contributed by atoms with Crippen molar-refractivity contribution in [3.05, 3.63) is 41.9 Å². The lowest BCUT2D eigenvalue weighted by Gasteiger charge is -2.00. The molecule has 1 aromatic carbocycles. The standard InChI is InChI=1S/C14H14N4O2S/c1-9-6-12(18-20-9)17-14(19)8-21-7-13-15-10-4-2-3-5-11(10)16-13/h2-6H,7-8H2,1H3,(H,15,16)(H,17,18,19). The van der Waals surface area contributed by atoms with E-state index < -0.39 is 0 Å². The minimum atomic E-state index is -0.107. The van der Waals surface area contributed by atoms with Crippen LogP contribution in [0.1, 0.15) is 11.6 Å². The van der Waals surface area contributed by atoms with Crippen molar-refractivity contribution >= 4 is 34.5 Å². The highest BCUT2D eigenvalue weighted by Gasteiger charge is 2.07. The maximum atomic E-state index is 11.7. The largest absolute Gasteiger partial charge is 0.360 e. The Kier molecular flexibility index (Phi) is 3.92. The van der Waals surface area contributed by atoms with Gasteiger partial charge < -0.3 is 14.8 Å². The summed E-state index contributed by atoms with van der Waals surface area (Å²) in [6, 6.07) is 9.54. The molecule has 2 aromatic heterocycles. The van der Waals surface area contributed by atoms with E-state index in [9.17, 15) is 4.79 Å². The number of amides is 1. The van der Waals surface area contributed by atoms with Crippen LogP contribution in [-0.2, 0) is 10.5 Å². The van der Waals surface area contributed by atoms with Crippen molar-refractivity contribution in [1.82, 2.24) is 15.1 Å². The molecule has 0 bridgehead atoms. The summed E-state index contributed by atoms with van der Waals surface area (Å²) < 4.78 is 4.89. The summed E-state index contributed by atoms with van der Waals surface area (Å²) in [5.41, 5.74) is 1.95. The first-order valence-electron chi connectivity index (χ1n) is 6.45. The van der Waals surface area contributed by atoms with Gasteiger partial charge in [0.15, 0.2) is 5.82 Å². The molecule has 3 aromatic rings. The van der Waals surface area contributed by atoms with Crippen molar-refractivity contribution in [1.29, 1.82) is 0 Å². The molecule has 0 saturated carbocycles. The topological polar surface area (TPSA) is 83.8 Å². The number of benzene rings is 1. The third kappa shape index (κ3) is 3.43. The fourth-order valence-corrected chi connectivity index (χ4v) is 2.61. The molecule has 0 spiro atoms. The molecule has 0 unspecified atom stereocenters. The summed E-state index contributed by atoms with van der Waals surface area (Å²) >= 11 is 1.49. The second kappa shape index (κ2) is 6.01. The van der Waals surface area contributed by atoms with Gasteiger partial charge >= 0.3 is 0 Å². The molecular formula is C14H14N4O2S. The van der Waals surface area contributed by atoms with Crippen LogP contribution in [0.25, 0.3) is 11.0 Å². The number of carbonyl (C=O) groups is 1. The molecule has 2 N–H and O–H groups in total. The lowest BCUT2D eigenvalue weighted by molar-refractivity contribution is -0.113. The lowest BCUT2D eigenvalue weighted by atomic mass is 10.3. The molecule has 21 heavy (non-hydrogen) atoms. The molecule has 7 heteroatoms. The zero-order chi connectivity index (χ0) is 14.7. The van der Waals surface area contributed by atoms with Crippen LogP contribution >= 0.6 is 11.8 Å². The molecule has 1 amide bonds. The predicted octanol–water partition coefficient (Wildman–Crippen LogP) is 2.73. The predicted molar refractivity (Wildman–Crippen MR) is 82.1 cm³/mol. The summed E-state index contributed by atoms with van der Waals surface area (Å²) in [6.07, 6.45) is 0. The monoisotopic (exact) mass is 302 g/mol.